The van der Waals surface area contributed by atoms with Crippen molar-refractivity contribution in [1.82, 2.24) is 0 Å². The molecule has 0 aliphatic rings. The predicted octanol–water partition coefficient (Wildman–Crippen LogP) is 6.21. The third-order valence-corrected chi connectivity index (χ3v) is 5.55. The van der Waals surface area contributed by atoms with Crippen LogP contribution in [0, 0.1) is 0 Å². The lowest BCUT2D eigenvalue weighted by Gasteiger charge is -2.20. The fraction of sp³-hybridized carbons (Fsp3) is 0.444. The molecule has 126 valence electrons. The van der Waals surface area contributed by atoms with E-state index in [0.717, 1.165) is 11.5 Å². The molecule has 0 bridgehead atoms. The highest BCUT2D eigenvalue weighted by Crippen LogP contribution is 2.24. The summed E-state index contributed by atoms with van der Waals surface area (Å²) in [4.78, 5) is 1.30. The van der Waals surface area contributed by atoms with Crippen molar-refractivity contribution in [3.63, 3.8) is 0 Å². The summed E-state index contributed by atoms with van der Waals surface area (Å²) >= 11 is 5.84. The lowest BCUT2D eigenvalue weighted by atomic mass is 10.0. The van der Waals surface area contributed by atoms with Crippen molar-refractivity contribution in [3.8, 4) is 5.75 Å². The van der Waals surface area contributed by atoms with E-state index in [9.17, 15) is 0 Å². The van der Waals surface area contributed by atoms with Gasteiger partial charge in [0.2, 0.25) is 0 Å². The number of alkyl halides is 1. The van der Waals surface area contributed by atoms with Crippen LogP contribution in [-0.4, -0.2) is 22.6 Å². The summed E-state index contributed by atoms with van der Waals surface area (Å²) < 4.78 is 12.1. The normalized spacial score (nSPS) is 14.0. The van der Waals surface area contributed by atoms with E-state index >= 15 is 0 Å². The summed E-state index contributed by atoms with van der Waals surface area (Å²) in [5.74, 6) is 2.35. The Morgan fingerprint density at radius 2 is 1.87 bits per heavy atom. The van der Waals surface area contributed by atoms with E-state index in [1.54, 1.807) is 11.3 Å². The van der Waals surface area contributed by atoms with Gasteiger partial charge in [-0.05, 0) is 42.0 Å². The average molecular weight is 462 g/mol. The van der Waals surface area contributed by atoms with Crippen LogP contribution in [0.2, 0.25) is 0 Å². The smallest absolute Gasteiger partial charge is 0.119 e. The molecule has 5 heteroatoms. The second-order valence-corrected chi connectivity index (χ2v) is 9.23. The van der Waals surface area contributed by atoms with Crippen LogP contribution in [0.5, 0.6) is 5.75 Å². The van der Waals surface area contributed by atoms with Gasteiger partial charge < -0.3 is 9.47 Å². The number of ether oxygens (including phenoxy) is 2. The number of thioether (sulfide) groups is 1. The maximum absolute atomic E-state index is 5.98. The molecular weight excluding hydrogens is 439 g/mol. The zero-order chi connectivity index (χ0) is 16.7. The SMILES string of the molecule is CC(I)OC(COc1ccc(C(C)C)cc1)CSc1ccsc1. The molecule has 2 unspecified atom stereocenters. The summed E-state index contributed by atoms with van der Waals surface area (Å²) in [6.07, 6.45) is 0.0802. The molecule has 0 saturated heterocycles. The van der Waals surface area contributed by atoms with Crippen LogP contribution in [-0.2, 0) is 4.74 Å². The van der Waals surface area contributed by atoms with Gasteiger partial charge in [0.15, 0.2) is 0 Å². The van der Waals surface area contributed by atoms with Crippen molar-refractivity contribution in [2.75, 3.05) is 12.4 Å². The molecule has 2 rings (SSSR count). The molecule has 23 heavy (non-hydrogen) atoms. The van der Waals surface area contributed by atoms with E-state index in [-0.39, 0.29) is 10.2 Å². The molecule has 0 aliphatic carbocycles. The van der Waals surface area contributed by atoms with Crippen molar-refractivity contribution >= 4 is 45.7 Å². The molecule has 2 atom stereocenters. The maximum Gasteiger partial charge on any atom is 0.119 e. The van der Waals surface area contributed by atoms with E-state index in [4.69, 9.17) is 9.47 Å². The van der Waals surface area contributed by atoms with Crippen LogP contribution in [0.15, 0.2) is 46.0 Å². The molecule has 0 fully saturated rings. The second-order valence-electron chi connectivity index (χ2n) is 5.61. The average Bonchev–Trinajstić information content (AvgIpc) is 3.03. The minimum Gasteiger partial charge on any atom is -0.491 e. The third-order valence-electron chi connectivity index (χ3n) is 3.29. The van der Waals surface area contributed by atoms with Crippen LogP contribution >= 0.6 is 45.7 Å². The Morgan fingerprint density at radius 3 is 2.43 bits per heavy atom. The van der Waals surface area contributed by atoms with E-state index in [2.05, 4.69) is 72.3 Å². The second kappa shape index (κ2) is 9.91. The number of rotatable bonds is 9. The first-order valence-electron chi connectivity index (χ1n) is 7.72. The molecule has 1 aromatic heterocycles. The van der Waals surface area contributed by atoms with Crippen LogP contribution in [0.1, 0.15) is 32.3 Å². The standard InChI is InChI=1S/C18H23IO2S2/c1-13(2)15-4-6-16(7-5-15)20-10-17(21-14(3)19)11-23-18-8-9-22-12-18/h4-9,12-14,17H,10-11H2,1-3H3. The highest BCUT2D eigenvalue weighted by molar-refractivity contribution is 14.1. The van der Waals surface area contributed by atoms with Crippen molar-refractivity contribution in [1.29, 1.82) is 0 Å². The molecule has 0 aliphatic heterocycles. The van der Waals surface area contributed by atoms with Gasteiger partial charge in [0.25, 0.3) is 0 Å². The summed E-state index contributed by atoms with van der Waals surface area (Å²) in [5, 5.41) is 4.27. The first-order valence-corrected chi connectivity index (χ1v) is 10.9. The van der Waals surface area contributed by atoms with Gasteiger partial charge in [0.1, 0.15) is 22.6 Å². The molecular formula is C18H23IO2S2. The number of thiophene rings is 1. The topological polar surface area (TPSA) is 18.5 Å². The summed E-state index contributed by atoms with van der Waals surface area (Å²) in [6.45, 7) is 7.03. The molecule has 2 nitrogen and oxygen atoms in total. The Bertz CT molecular complexity index is 553. The highest BCUT2D eigenvalue weighted by atomic mass is 127. The van der Waals surface area contributed by atoms with Crippen molar-refractivity contribution < 1.29 is 9.47 Å². The third kappa shape index (κ3) is 7.03. The first kappa shape index (κ1) is 19.1. The monoisotopic (exact) mass is 462 g/mol. The van der Waals surface area contributed by atoms with E-state index in [1.807, 2.05) is 23.9 Å². The molecule has 0 amide bonds. The van der Waals surface area contributed by atoms with Crippen LogP contribution in [0.3, 0.4) is 0 Å². The Hall–Kier alpha value is -0.240. The quantitative estimate of drug-likeness (QED) is 0.251. The fourth-order valence-corrected chi connectivity index (χ4v) is 4.23. The molecule has 1 heterocycles. The largest absolute Gasteiger partial charge is 0.491 e. The predicted molar refractivity (Wildman–Crippen MR) is 109 cm³/mol. The van der Waals surface area contributed by atoms with Gasteiger partial charge in [-0.15, -0.1) is 11.8 Å². The minimum atomic E-state index is 0.0802. The zero-order valence-corrected chi connectivity index (χ0v) is 17.5. The van der Waals surface area contributed by atoms with Crippen LogP contribution < -0.4 is 4.74 Å². The van der Waals surface area contributed by atoms with E-state index < -0.39 is 0 Å². The van der Waals surface area contributed by atoms with E-state index in [1.165, 1.54) is 10.5 Å². The van der Waals surface area contributed by atoms with Crippen LogP contribution in [0.4, 0.5) is 0 Å². The van der Waals surface area contributed by atoms with Gasteiger partial charge in [0.05, 0.1) is 0 Å². The van der Waals surface area contributed by atoms with Crippen LogP contribution in [0.25, 0.3) is 0 Å². The fourth-order valence-electron chi connectivity index (χ4n) is 2.05. The first-order chi connectivity index (χ1) is 11.0. The number of hydrogen-bond acceptors (Lipinski definition) is 4. The Kier molecular flexibility index (Phi) is 8.23. The Labute approximate surface area is 161 Å². The summed E-state index contributed by atoms with van der Waals surface area (Å²) in [7, 11) is 0. The number of hydrogen-bond donors (Lipinski definition) is 0. The van der Waals surface area contributed by atoms with Crippen molar-refractivity contribution in [3.05, 3.63) is 46.7 Å². The van der Waals surface area contributed by atoms with Gasteiger partial charge in [-0.2, -0.15) is 11.3 Å². The van der Waals surface area contributed by atoms with Crippen molar-refractivity contribution in [2.24, 2.45) is 0 Å². The summed E-state index contributed by atoms with van der Waals surface area (Å²) in [5.41, 5.74) is 1.33. The van der Waals surface area contributed by atoms with Gasteiger partial charge >= 0.3 is 0 Å². The highest BCUT2D eigenvalue weighted by Gasteiger charge is 2.14. The molecule has 1 aromatic carbocycles. The summed E-state index contributed by atoms with van der Waals surface area (Å²) in [6, 6.07) is 10.5. The zero-order valence-electron chi connectivity index (χ0n) is 13.7. The maximum atomic E-state index is 5.98. The number of benzene rings is 1. The van der Waals surface area contributed by atoms with Crippen molar-refractivity contribution in [2.45, 2.75) is 41.8 Å². The molecule has 0 radical (unpaired) electrons. The Balaban J connectivity index is 1.86. The van der Waals surface area contributed by atoms with E-state index in [0.29, 0.717) is 12.5 Å². The molecule has 0 N–H and O–H groups in total. The molecule has 0 spiro atoms. The van der Waals surface area contributed by atoms with Gasteiger partial charge in [-0.1, -0.05) is 48.6 Å². The number of halogens is 1. The van der Waals surface area contributed by atoms with Gasteiger partial charge in [0, 0.05) is 16.0 Å². The lowest BCUT2D eigenvalue weighted by molar-refractivity contribution is 0.0344. The minimum absolute atomic E-state index is 0.0802. The lowest BCUT2D eigenvalue weighted by Crippen LogP contribution is -2.26. The van der Waals surface area contributed by atoms with Gasteiger partial charge in [-0.25, -0.2) is 0 Å². The van der Waals surface area contributed by atoms with Gasteiger partial charge in [-0.3, -0.25) is 0 Å². The Morgan fingerprint density at radius 1 is 1.13 bits per heavy atom. The molecule has 0 saturated carbocycles. The molecule has 2 aromatic rings.